The summed E-state index contributed by atoms with van der Waals surface area (Å²) >= 11 is 0. The van der Waals surface area contributed by atoms with Gasteiger partial charge in [0.2, 0.25) is 0 Å². The molecule has 2 rings (SSSR count). The number of para-hydroxylation sites is 3. The first-order valence-electron chi connectivity index (χ1n) is 8.63. The van der Waals surface area contributed by atoms with Crippen LogP contribution in [0.15, 0.2) is 54.6 Å². The van der Waals surface area contributed by atoms with E-state index in [1.807, 2.05) is 51.5 Å². The number of carbonyl (C=O) groups excluding carboxylic acids is 2. The van der Waals surface area contributed by atoms with Crippen LogP contribution in [-0.2, 0) is 4.79 Å². The zero-order valence-electron chi connectivity index (χ0n) is 15.8. The molecule has 0 spiro atoms. The number of amides is 2. The molecule has 27 heavy (non-hydrogen) atoms. The molecule has 2 N–H and O–H groups in total. The third-order valence-corrected chi connectivity index (χ3v) is 3.62. The fourth-order valence-corrected chi connectivity index (χ4v) is 2.64. The first kappa shape index (κ1) is 20.3. The summed E-state index contributed by atoms with van der Waals surface area (Å²) in [6, 6.07) is 15.2. The second kappa shape index (κ2) is 9.05. The molecule has 2 aromatic carbocycles. The fraction of sp³-hybridized carbons (Fsp3) is 0.300. The molecule has 7 heteroatoms. The second-order valence-electron chi connectivity index (χ2n) is 7.26. The van der Waals surface area contributed by atoms with Gasteiger partial charge in [-0.15, -0.1) is 0 Å². The van der Waals surface area contributed by atoms with Crippen molar-refractivity contribution in [1.82, 2.24) is 5.32 Å². The summed E-state index contributed by atoms with van der Waals surface area (Å²) in [5.74, 6) is -0.0736. The molecule has 0 heterocycles. The predicted octanol–water partition coefficient (Wildman–Crippen LogP) is 1.82. The molecular formula is C20H25N3O4. The Bertz CT molecular complexity index is 772. The number of likely N-dealkylation sites (N-methyl/N-ethyl adjacent to an activating group) is 1. The van der Waals surface area contributed by atoms with Crippen LogP contribution < -0.4 is 20.5 Å². The van der Waals surface area contributed by atoms with Crippen molar-refractivity contribution in [3.8, 4) is 11.5 Å². The number of aliphatic carboxylic acids is 1. The minimum absolute atomic E-state index is 0.259. The summed E-state index contributed by atoms with van der Waals surface area (Å²) in [6.07, 6.45) is -0.259. The maximum atomic E-state index is 12.4. The van der Waals surface area contributed by atoms with Gasteiger partial charge in [-0.25, -0.2) is 4.79 Å². The number of quaternary nitrogens is 1. The van der Waals surface area contributed by atoms with E-state index in [1.165, 1.54) is 0 Å². The first-order valence-corrected chi connectivity index (χ1v) is 8.63. The summed E-state index contributed by atoms with van der Waals surface area (Å²) in [5, 5.41) is 16.4. The van der Waals surface area contributed by atoms with Crippen molar-refractivity contribution in [1.29, 1.82) is 0 Å². The van der Waals surface area contributed by atoms with Crippen LogP contribution in [0.4, 0.5) is 10.5 Å². The third-order valence-electron chi connectivity index (χ3n) is 3.62. The standard InChI is InChI=1S/C20H25N3O4/c1-23(2,3)14-15(13-19(24)25)21-20(26)22-17-11-7-8-12-18(17)27-16-9-5-4-6-10-16/h4-12,15H,13-14H2,1-3H3,(H2-,21,22,24,25,26)/t15-/m1/s1. The molecule has 0 saturated carbocycles. The molecule has 2 amide bonds. The molecule has 2 aromatic rings. The van der Waals surface area contributed by atoms with Gasteiger partial charge in [0.05, 0.1) is 39.4 Å². The van der Waals surface area contributed by atoms with Gasteiger partial charge in [-0.1, -0.05) is 30.3 Å². The lowest BCUT2D eigenvalue weighted by atomic mass is 10.2. The zero-order valence-corrected chi connectivity index (χ0v) is 15.8. The lowest BCUT2D eigenvalue weighted by Gasteiger charge is -2.30. The van der Waals surface area contributed by atoms with Gasteiger partial charge in [-0.2, -0.15) is 0 Å². The lowest BCUT2D eigenvalue weighted by molar-refractivity contribution is -0.871. The highest BCUT2D eigenvalue weighted by Gasteiger charge is 2.21. The largest absolute Gasteiger partial charge is 0.550 e. The van der Waals surface area contributed by atoms with Gasteiger partial charge < -0.3 is 29.8 Å². The fourth-order valence-electron chi connectivity index (χ4n) is 2.64. The van der Waals surface area contributed by atoms with Crippen LogP contribution in [0.5, 0.6) is 11.5 Å². The Morgan fingerprint density at radius 3 is 2.30 bits per heavy atom. The Hall–Kier alpha value is -3.06. The van der Waals surface area contributed by atoms with E-state index in [1.54, 1.807) is 24.3 Å². The van der Waals surface area contributed by atoms with E-state index in [9.17, 15) is 14.7 Å². The van der Waals surface area contributed by atoms with E-state index in [2.05, 4.69) is 10.6 Å². The molecule has 0 aliphatic rings. The number of hydrogen-bond donors (Lipinski definition) is 2. The van der Waals surface area contributed by atoms with Crippen molar-refractivity contribution < 1.29 is 23.9 Å². The predicted molar refractivity (Wildman–Crippen MR) is 101 cm³/mol. The number of carbonyl (C=O) groups is 2. The second-order valence-corrected chi connectivity index (χ2v) is 7.26. The Labute approximate surface area is 159 Å². The summed E-state index contributed by atoms with van der Waals surface area (Å²) in [6.45, 7) is 0.448. The minimum Gasteiger partial charge on any atom is -0.550 e. The van der Waals surface area contributed by atoms with E-state index < -0.39 is 18.0 Å². The number of rotatable bonds is 8. The molecule has 0 unspecified atom stereocenters. The lowest BCUT2D eigenvalue weighted by Crippen LogP contribution is -2.51. The first-order chi connectivity index (χ1) is 12.7. The van der Waals surface area contributed by atoms with Gasteiger partial charge in [-0.05, 0) is 24.3 Å². The number of carboxylic acid groups (broad SMARTS) is 1. The Balaban J connectivity index is 2.07. The van der Waals surface area contributed by atoms with Gasteiger partial charge in [-0.3, -0.25) is 0 Å². The number of anilines is 1. The SMILES string of the molecule is C[N+](C)(C)C[C@@H](CC(=O)[O-])NC(=O)Nc1ccccc1Oc1ccccc1. The third kappa shape index (κ3) is 7.37. The highest BCUT2D eigenvalue weighted by Crippen LogP contribution is 2.28. The van der Waals surface area contributed by atoms with Crippen molar-refractivity contribution in [3.63, 3.8) is 0 Å². The zero-order chi connectivity index (χ0) is 19.9. The van der Waals surface area contributed by atoms with Crippen molar-refractivity contribution in [2.75, 3.05) is 33.0 Å². The number of nitrogens with zero attached hydrogens (tertiary/aromatic N) is 1. The molecule has 0 radical (unpaired) electrons. The van der Waals surface area contributed by atoms with Crippen molar-refractivity contribution >= 4 is 17.7 Å². The van der Waals surface area contributed by atoms with Crippen molar-refractivity contribution in [2.45, 2.75) is 12.5 Å². The summed E-state index contributed by atoms with van der Waals surface area (Å²) in [5.41, 5.74) is 0.483. The van der Waals surface area contributed by atoms with Crippen LogP contribution in [0.2, 0.25) is 0 Å². The van der Waals surface area contributed by atoms with Gasteiger partial charge in [0.1, 0.15) is 5.75 Å². The molecule has 0 aromatic heterocycles. The van der Waals surface area contributed by atoms with Crippen molar-refractivity contribution in [3.05, 3.63) is 54.6 Å². The summed E-state index contributed by atoms with van der Waals surface area (Å²) < 4.78 is 6.32. The minimum atomic E-state index is -1.21. The molecule has 0 aliphatic carbocycles. The van der Waals surface area contributed by atoms with Gasteiger partial charge in [0, 0.05) is 12.4 Å². The van der Waals surface area contributed by atoms with Crippen LogP contribution in [-0.4, -0.2) is 50.2 Å². The van der Waals surface area contributed by atoms with Crippen LogP contribution in [0.1, 0.15) is 6.42 Å². The quantitative estimate of drug-likeness (QED) is 0.693. The van der Waals surface area contributed by atoms with Gasteiger partial charge >= 0.3 is 6.03 Å². The van der Waals surface area contributed by atoms with E-state index in [0.717, 1.165) is 0 Å². The molecule has 144 valence electrons. The highest BCUT2D eigenvalue weighted by atomic mass is 16.5. The van der Waals surface area contributed by atoms with E-state index in [4.69, 9.17) is 4.74 Å². The van der Waals surface area contributed by atoms with Crippen LogP contribution >= 0.6 is 0 Å². The number of carboxylic acids is 1. The Morgan fingerprint density at radius 1 is 1.04 bits per heavy atom. The maximum absolute atomic E-state index is 12.4. The number of urea groups is 1. The molecule has 7 nitrogen and oxygen atoms in total. The molecular weight excluding hydrogens is 346 g/mol. The van der Waals surface area contributed by atoms with E-state index >= 15 is 0 Å². The average Bonchev–Trinajstić information content (AvgIpc) is 2.55. The van der Waals surface area contributed by atoms with Crippen molar-refractivity contribution in [2.24, 2.45) is 0 Å². The normalized spacial score (nSPS) is 12.1. The summed E-state index contributed by atoms with van der Waals surface area (Å²) in [4.78, 5) is 23.4. The monoisotopic (exact) mass is 371 g/mol. The topological polar surface area (TPSA) is 90.5 Å². The molecule has 0 bridgehead atoms. The molecule has 1 atom stereocenters. The van der Waals surface area contributed by atoms with Gasteiger partial charge in [0.15, 0.2) is 5.75 Å². The number of nitrogens with one attached hydrogen (secondary N) is 2. The number of benzene rings is 2. The maximum Gasteiger partial charge on any atom is 0.319 e. The van der Waals surface area contributed by atoms with E-state index in [0.29, 0.717) is 28.2 Å². The smallest absolute Gasteiger partial charge is 0.319 e. The van der Waals surface area contributed by atoms with Crippen LogP contribution in [0.25, 0.3) is 0 Å². The number of hydrogen-bond acceptors (Lipinski definition) is 4. The Morgan fingerprint density at radius 2 is 1.67 bits per heavy atom. The Kier molecular flexibility index (Phi) is 6.79. The summed E-state index contributed by atoms with van der Waals surface area (Å²) in [7, 11) is 5.76. The van der Waals surface area contributed by atoms with Crippen LogP contribution in [0, 0.1) is 0 Å². The molecule has 0 fully saturated rings. The highest BCUT2D eigenvalue weighted by molar-refractivity contribution is 5.91. The van der Waals surface area contributed by atoms with Crippen LogP contribution in [0.3, 0.4) is 0 Å². The van der Waals surface area contributed by atoms with Gasteiger partial charge in [0.25, 0.3) is 0 Å². The number of ether oxygens (including phenoxy) is 1. The molecule has 0 aliphatic heterocycles. The average molecular weight is 371 g/mol. The van der Waals surface area contributed by atoms with E-state index in [-0.39, 0.29) is 6.42 Å². The molecule has 0 saturated heterocycles.